The van der Waals surface area contributed by atoms with Crippen LogP contribution < -0.4 is 5.32 Å². The molecule has 0 fully saturated rings. The van der Waals surface area contributed by atoms with Crippen molar-refractivity contribution in [3.05, 3.63) is 22.4 Å². The van der Waals surface area contributed by atoms with Gasteiger partial charge in [-0.2, -0.15) is 0 Å². The number of hydrogen-bond acceptors (Lipinski definition) is 3. The van der Waals surface area contributed by atoms with Gasteiger partial charge in [0.25, 0.3) is 5.91 Å². The number of aliphatic hydroxyl groups is 1. The lowest BCUT2D eigenvalue weighted by atomic mass is 10.2. The number of halogens is 1. The van der Waals surface area contributed by atoms with E-state index in [9.17, 15) is 9.59 Å². The van der Waals surface area contributed by atoms with Crippen molar-refractivity contribution in [2.24, 2.45) is 0 Å². The summed E-state index contributed by atoms with van der Waals surface area (Å²) in [5.41, 5.74) is 0.401. The summed E-state index contributed by atoms with van der Waals surface area (Å²) in [6.07, 6.45) is 2.62. The molecule has 6 nitrogen and oxygen atoms in total. The minimum Gasteiger partial charge on any atom is -0.480 e. The predicted octanol–water partition coefficient (Wildman–Crippen LogP) is 1.23. The number of rotatable bonds is 7. The van der Waals surface area contributed by atoms with E-state index in [4.69, 9.17) is 10.2 Å². The number of aliphatic hydroxyl groups excluding tert-OH is 1. The van der Waals surface area contributed by atoms with Crippen molar-refractivity contribution in [2.75, 3.05) is 6.61 Å². The Morgan fingerprint density at radius 2 is 2.21 bits per heavy atom. The molecule has 0 saturated carbocycles. The van der Waals surface area contributed by atoms with Gasteiger partial charge in [-0.05, 0) is 28.4 Å². The molecule has 0 aliphatic carbocycles. The van der Waals surface area contributed by atoms with E-state index in [0.717, 1.165) is 10.9 Å². The summed E-state index contributed by atoms with van der Waals surface area (Å²) < 4.78 is 2.53. The summed E-state index contributed by atoms with van der Waals surface area (Å²) in [5.74, 6) is -1.62. The first-order valence-electron chi connectivity index (χ1n) is 5.99. The van der Waals surface area contributed by atoms with Crippen molar-refractivity contribution in [1.29, 1.82) is 0 Å². The molecule has 1 heterocycles. The van der Waals surface area contributed by atoms with Crippen molar-refractivity contribution in [1.82, 2.24) is 9.88 Å². The summed E-state index contributed by atoms with van der Waals surface area (Å²) in [5, 5.41) is 20.1. The number of nitrogens with one attached hydrogen (secondary N) is 1. The average molecular weight is 333 g/mol. The largest absolute Gasteiger partial charge is 0.480 e. The number of nitrogens with zero attached hydrogens (tertiary/aromatic N) is 1. The molecule has 1 aromatic rings. The van der Waals surface area contributed by atoms with Crippen LogP contribution in [-0.4, -0.2) is 39.3 Å². The molecule has 0 aliphatic heterocycles. The van der Waals surface area contributed by atoms with Crippen LogP contribution in [0.15, 0.2) is 16.7 Å². The highest BCUT2D eigenvalue weighted by Gasteiger charge is 2.22. The second-order valence-corrected chi connectivity index (χ2v) is 5.03. The Kier molecular flexibility index (Phi) is 6.04. The fraction of sp³-hybridized carbons (Fsp3) is 0.500. The van der Waals surface area contributed by atoms with Gasteiger partial charge < -0.3 is 20.1 Å². The highest BCUT2D eigenvalue weighted by molar-refractivity contribution is 9.10. The van der Waals surface area contributed by atoms with Gasteiger partial charge in [0.1, 0.15) is 11.7 Å². The number of carbonyl (C=O) groups is 2. The summed E-state index contributed by atoms with van der Waals surface area (Å²) in [7, 11) is 0. The highest BCUT2D eigenvalue weighted by atomic mass is 79.9. The molecule has 1 rings (SSSR count). The summed E-state index contributed by atoms with van der Waals surface area (Å²) >= 11 is 3.29. The number of hydrogen-bond donors (Lipinski definition) is 3. The van der Waals surface area contributed by atoms with Gasteiger partial charge in [0, 0.05) is 30.2 Å². The molecule has 1 amide bonds. The van der Waals surface area contributed by atoms with Crippen LogP contribution in [0.4, 0.5) is 0 Å². The van der Waals surface area contributed by atoms with E-state index in [0.29, 0.717) is 12.2 Å². The van der Waals surface area contributed by atoms with Gasteiger partial charge in [0.15, 0.2) is 0 Å². The molecule has 0 bridgehead atoms. The maximum atomic E-state index is 12.0. The van der Waals surface area contributed by atoms with Gasteiger partial charge >= 0.3 is 5.97 Å². The minimum absolute atomic E-state index is 0.0171. The van der Waals surface area contributed by atoms with Crippen molar-refractivity contribution >= 4 is 27.8 Å². The predicted molar refractivity (Wildman–Crippen MR) is 73.0 cm³/mol. The SMILES string of the molecule is CCCn1cc(Br)cc1C(=O)N[C@@H](CCO)C(=O)O. The molecule has 0 unspecified atom stereocenters. The van der Waals surface area contributed by atoms with Crippen LogP contribution >= 0.6 is 15.9 Å². The van der Waals surface area contributed by atoms with Gasteiger partial charge in [-0.15, -0.1) is 0 Å². The van der Waals surface area contributed by atoms with Crippen molar-refractivity contribution in [3.8, 4) is 0 Å². The number of carboxylic acid groups (broad SMARTS) is 1. The fourth-order valence-corrected chi connectivity index (χ4v) is 2.17. The smallest absolute Gasteiger partial charge is 0.326 e. The van der Waals surface area contributed by atoms with Gasteiger partial charge in [-0.3, -0.25) is 4.79 Å². The molecule has 3 N–H and O–H groups in total. The number of aliphatic carboxylic acids is 1. The van der Waals surface area contributed by atoms with E-state index >= 15 is 0 Å². The molecule has 0 radical (unpaired) electrons. The van der Waals surface area contributed by atoms with E-state index < -0.39 is 17.9 Å². The first-order valence-corrected chi connectivity index (χ1v) is 6.79. The van der Waals surface area contributed by atoms with Gasteiger partial charge in [-0.1, -0.05) is 6.92 Å². The van der Waals surface area contributed by atoms with E-state index in [1.807, 2.05) is 6.92 Å². The zero-order valence-electron chi connectivity index (χ0n) is 10.6. The van der Waals surface area contributed by atoms with Gasteiger partial charge in [-0.25, -0.2) is 4.79 Å². The normalized spacial score (nSPS) is 12.2. The number of aromatic nitrogens is 1. The van der Waals surface area contributed by atoms with Crippen molar-refractivity contribution < 1.29 is 19.8 Å². The molecule has 7 heteroatoms. The third kappa shape index (κ3) is 4.36. The van der Waals surface area contributed by atoms with Crippen molar-refractivity contribution in [3.63, 3.8) is 0 Å². The third-order valence-electron chi connectivity index (χ3n) is 2.58. The zero-order valence-corrected chi connectivity index (χ0v) is 12.2. The van der Waals surface area contributed by atoms with Crippen LogP contribution in [0.25, 0.3) is 0 Å². The molecular formula is C12H17BrN2O4. The molecule has 0 spiro atoms. The topological polar surface area (TPSA) is 91.6 Å². The number of carbonyl (C=O) groups excluding carboxylic acids is 1. The summed E-state index contributed by atoms with van der Waals surface area (Å²) in [6, 6.07) is 0.560. The Balaban J connectivity index is 2.84. The standard InChI is InChI=1S/C12H17BrN2O4/c1-2-4-15-7-8(13)6-10(15)11(17)14-9(3-5-16)12(18)19/h6-7,9,16H,2-5H2,1H3,(H,14,17)(H,18,19)/t9-/m0/s1. The Hall–Kier alpha value is -1.34. The number of aryl methyl sites for hydroxylation is 1. The van der Waals surface area contributed by atoms with Gasteiger partial charge in [0.2, 0.25) is 0 Å². The van der Waals surface area contributed by atoms with Crippen molar-refractivity contribution in [2.45, 2.75) is 32.4 Å². The van der Waals surface area contributed by atoms with Gasteiger partial charge in [0.05, 0.1) is 0 Å². The van der Waals surface area contributed by atoms with E-state index in [-0.39, 0.29) is 13.0 Å². The molecule has 1 atom stereocenters. The second kappa shape index (κ2) is 7.30. The molecule has 0 aromatic carbocycles. The Bertz CT molecular complexity index is 459. The Labute approximate surface area is 119 Å². The lowest BCUT2D eigenvalue weighted by Crippen LogP contribution is -2.42. The molecular weight excluding hydrogens is 316 g/mol. The molecule has 106 valence electrons. The molecule has 19 heavy (non-hydrogen) atoms. The average Bonchev–Trinajstić information content (AvgIpc) is 2.70. The van der Waals surface area contributed by atoms with Crippen LogP contribution in [-0.2, 0) is 11.3 Å². The van der Waals surface area contributed by atoms with Crippen LogP contribution in [0.3, 0.4) is 0 Å². The van der Waals surface area contributed by atoms with Crippen LogP contribution in [0, 0.1) is 0 Å². The van der Waals surface area contributed by atoms with E-state index in [1.54, 1.807) is 16.8 Å². The molecule has 0 saturated heterocycles. The fourth-order valence-electron chi connectivity index (χ4n) is 1.71. The van der Waals surface area contributed by atoms with Crippen LogP contribution in [0.1, 0.15) is 30.3 Å². The Morgan fingerprint density at radius 3 is 2.74 bits per heavy atom. The summed E-state index contributed by atoms with van der Waals surface area (Å²) in [6.45, 7) is 2.37. The molecule has 1 aromatic heterocycles. The maximum absolute atomic E-state index is 12.0. The third-order valence-corrected chi connectivity index (χ3v) is 3.02. The van der Waals surface area contributed by atoms with E-state index in [2.05, 4.69) is 21.2 Å². The highest BCUT2D eigenvalue weighted by Crippen LogP contribution is 2.15. The summed E-state index contributed by atoms with van der Waals surface area (Å²) in [4.78, 5) is 23.0. The monoisotopic (exact) mass is 332 g/mol. The zero-order chi connectivity index (χ0) is 14.4. The van der Waals surface area contributed by atoms with Crippen LogP contribution in [0.2, 0.25) is 0 Å². The first-order chi connectivity index (χ1) is 8.99. The Morgan fingerprint density at radius 1 is 1.53 bits per heavy atom. The minimum atomic E-state index is -1.16. The van der Waals surface area contributed by atoms with E-state index in [1.165, 1.54) is 0 Å². The van der Waals surface area contributed by atoms with Crippen LogP contribution in [0.5, 0.6) is 0 Å². The lowest BCUT2D eigenvalue weighted by molar-refractivity contribution is -0.139. The molecule has 0 aliphatic rings. The quantitative estimate of drug-likeness (QED) is 0.700. The second-order valence-electron chi connectivity index (χ2n) is 4.11. The lowest BCUT2D eigenvalue weighted by Gasteiger charge is -2.14. The first kappa shape index (κ1) is 15.7. The maximum Gasteiger partial charge on any atom is 0.326 e. The number of carboxylic acids is 1. The number of amides is 1.